The molecule has 1 saturated carbocycles. The number of fused-ring (bicyclic) bond motifs is 1. The molecule has 0 spiro atoms. The van der Waals surface area contributed by atoms with Crippen LogP contribution in [-0.2, 0) is 4.74 Å². The van der Waals surface area contributed by atoms with Crippen molar-refractivity contribution in [3.05, 3.63) is 32.7 Å². The van der Waals surface area contributed by atoms with Crippen molar-refractivity contribution < 1.29 is 4.74 Å². The van der Waals surface area contributed by atoms with Crippen LogP contribution in [0.1, 0.15) is 37.3 Å². The van der Waals surface area contributed by atoms with Crippen LogP contribution < -0.4 is 5.73 Å². The molecule has 1 aliphatic heterocycles. The lowest BCUT2D eigenvalue weighted by Crippen LogP contribution is -2.54. The van der Waals surface area contributed by atoms with Gasteiger partial charge in [0.2, 0.25) is 0 Å². The van der Waals surface area contributed by atoms with E-state index in [2.05, 4.69) is 55.0 Å². The number of hydrogen-bond acceptors (Lipinski definition) is 3. The Morgan fingerprint density at radius 3 is 2.81 bits per heavy atom. The summed E-state index contributed by atoms with van der Waals surface area (Å²) in [4.78, 5) is 2.59. The minimum absolute atomic E-state index is 0.281. The second-order valence-electron chi connectivity index (χ2n) is 5.92. The van der Waals surface area contributed by atoms with Crippen molar-refractivity contribution in [2.45, 2.75) is 43.9 Å². The number of hydrogen-bond donors (Lipinski definition) is 1. The summed E-state index contributed by atoms with van der Waals surface area (Å²) in [5, 5.41) is 0. The van der Waals surface area contributed by atoms with Crippen molar-refractivity contribution in [3.63, 3.8) is 0 Å². The first-order valence-corrected chi connectivity index (χ1v) is 9.31. The molecule has 3 nitrogen and oxygen atoms in total. The molecule has 0 amide bonds. The van der Waals surface area contributed by atoms with E-state index < -0.39 is 0 Å². The predicted octanol–water partition coefficient (Wildman–Crippen LogP) is 3.85. The molecule has 0 radical (unpaired) electrons. The van der Waals surface area contributed by atoms with Gasteiger partial charge in [0.05, 0.1) is 12.7 Å². The smallest absolute Gasteiger partial charge is 0.0731 e. The Balaban J connectivity index is 1.85. The summed E-state index contributed by atoms with van der Waals surface area (Å²) in [7, 11) is 0. The molecule has 2 N–H and O–H groups in total. The second kappa shape index (κ2) is 7.09. The van der Waals surface area contributed by atoms with Crippen LogP contribution >= 0.6 is 31.9 Å². The molecule has 1 saturated heterocycles. The monoisotopic (exact) mass is 416 g/mol. The molecule has 21 heavy (non-hydrogen) atoms. The van der Waals surface area contributed by atoms with E-state index in [9.17, 15) is 0 Å². The minimum Gasteiger partial charge on any atom is -0.375 e. The lowest BCUT2D eigenvalue weighted by atomic mass is 9.88. The van der Waals surface area contributed by atoms with Crippen molar-refractivity contribution in [1.29, 1.82) is 0 Å². The van der Waals surface area contributed by atoms with Gasteiger partial charge < -0.3 is 10.5 Å². The molecule has 1 aromatic carbocycles. The molecule has 116 valence electrons. The van der Waals surface area contributed by atoms with Crippen LogP contribution in [0.5, 0.6) is 0 Å². The number of halogens is 2. The topological polar surface area (TPSA) is 38.5 Å². The lowest BCUT2D eigenvalue weighted by Gasteiger charge is -2.47. The average Bonchev–Trinajstić information content (AvgIpc) is 2.52. The third-order valence-corrected chi connectivity index (χ3v) is 6.61. The summed E-state index contributed by atoms with van der Waals surface area (Å²) in [5.74, 6) is 0. The van der Waals surface area contributed by atoms with E-state index in [0.29, 0.717) is 18.7 Å². The quantitative estimate of drug-likeness (QED) is 0.811. The molecule has 2 fully saturated rings. The normalized spacial score (nSPS) is 28.1. The summed E-state index contributed by atoms with van der Waals surface area (Å²) in [5.41, 5.74) is 7.43. The Kier molecular flexibility index (Phi) is 5.38. The molecular weight excluding hydrogens is 396 g/mol. The van der Waals surface area contributed by atoms with Crippen molar-refractivity contribution >= 4 is 31.9 Å². The molecule has 3 atom stereocenters. The van der Waals surface area contributed by atoms with Crippen LogP contribution in [0.4, 0.5) is 0 Å². The Morgan fingerprint density at radius 1 is 1.24 bits per heavy atom. The van der Waals surface area contributed by atoms with Crippen LogP contribution in [0, 0.1) is 0 Å². The van der Waals surface area contributed by atoms with Gasteiger partial charge in [-0.2, -0.15) is 0 Å². The van der Waals surface area contributed by atoms with E-state index in [4.69, 9.17) is 10.5 Å². The third kappa shape index (κ3) is 3.37. The minimum atomic E-state index is 0.281. The van der Waals surface area contributed by atoms with Crippen molar-refractivity contribution in [2.24, 2.45) is 5.73 Å². The zero-order valence-corrected chi connectivity index (χ0v) is 15.3. The SMILES string of the molecule is NCC(c1ccc(Br)c(Br)c1)N1CCOC2CCCCC21. The first-order valence-electron chi connectivity index (χ1n) is 7.73. The van der Waals surface area contributed by atoms with Gasteiger partial charge in [-0.1, -0.05) is 18.9 Å². The van der Waals surface area contributed by atoms with Crippen LogP contribution in [0.2, 0.25) is 0 Å². The van der Waals surface area contributed by atoms with Gasteiger partial charge in [-0.25, -0.2) is 0 Å². The first-order chi connectivity index (χ1) is 10.2. The van der Waals surface area contributed by atoms with E-state index >= 15 is 0 Å². The molecular formula is C16H22Br2N2O. The van der Waals surface area contributed by atoms with E-state index in [1.54, 1.807) is 0 Å². The highest BCUT2D eigenvalue weighted by atomic mass is 79.9. The molecule has 2 aliphatic rings. The fraction of sp³-hybridized carbons (Fsp3) is 0.625. The van der Waals surface area contributed by atoms with E-state index in [0.717, 1.165) is 22.1 Å². The largest absolute Gasteiger partial charge is 0.375 e. The van der Waals surface area contributed by atoms with Crippen molar-refractivity contribution in [3.8, 4) is 0 Å². The fourth-order valence-electron chi connectivity index (χ4n) is 3.70. The molecule has 1 heterocycles. The van der Waals surface area contributed by atoms with Gasteiger partial charge in [-0.05, 0) is 62.4 Å². The number of benzene rings is 1. The van der Waals surface area contributed by atoms with E-state index in [-0.39, 0.29) is 6.04 Å². The highest BCUT2D eigenvalue weighted by Crippen LogP contribution is 2.35. The summed E-state index contributed by atoms with van der Waals surface area (Å²) >= 11 is 7.15. The average molecular weight is 418 g/mol. The van der Waals surface area contributed by atoms with Crippen molar-refractivity contribution in [1.82, 2.24) is 4.90 Å². The number of ether oxygens (including phenoxy) is 1. The van der Waals surface area contributed by atoms with Gasteiger partial charge in [0.25, 0.3) is 0 Å². The Morgan fingerprint density at radius 2 is 2.05 bits per heavy atom. The van der Waals surface area contributed by atoms with Gasteiger partial charge in [-0.3, -0.25) is 4.90 Å². The van der Waals surface area contributed by atoms with Gasteiger partial charge in [0.1, 0.15) is 0 Å². The van der Waals surface area contributed by atoms with Gasteiger partial charge >= 0.3 is 0 Å². The molecule has 3 unspecified atom stereocenters. The number of nitrogens with zero attached hydrogens (tertiary/aromatic N) is 1. The molecule has 5 heteroatoms. The maximum atomic E-state index is 6.14. The summed E-state index contributed by atoms with van der Waals surface area (Å²) in [6.07, 6.45) is 5.44. The predicted molar refractivity (Wildman–Crippen MR) is 92.3 cm³/mol. The van der Waals surface area contributed by atoms with Gasteiger partial charge in [-0.15, -0.1) is 0 Å². The Labute approximate surface area is 143 Å². The second-order valence-corrected chi connectivity index (χ2v) is 7.63. The molecule has 1 aliphatic carbocycles. The summed E-state index contributed by atoms with van der Waals surface area (Å²) < 4.78 is 8.16. The highest BCUT2D eigenvalue weighted by molar-refractivity contribution is 9.13. The van der Waals surface area contributed by atoms with Crippen LogP contribution in [-0.4, -0.2) is 36.7 Å². The number of rotatable bonds is 3. The standard InChI is InChI=1S/C16H22Br2N2O/c17-12-6-5-11(9-13(12)18)15(10-19)20-7-8-21-16-4-2-1-3-14(16)20/h5-6,9,14-16H,1-4,7-8,10,19H2. The Hall–Kier alpha value is 0.0600. The number of nitrogens with two attached hydrogens (primary N) is 1. The number of morpholine rings is 1. The molecule has 0 bridgehead atoms. The third-order valence-electron chi connectivity index (χ3n) is 4.73. The molecule has 1 aromatic rings. The lowest BCUT2D eigenvalue weighted by molar-refractivity contribution is -0.102. The molecule has 3 rings (SSSR count). The van der Waals surface area contributed by atoms with E-state index in [1.807, 2.05) is 0 Å². The van der Waals surface area contributed by atoms with E-state index in [1.165, 1.54) is 31.2 Å². The zero-order valence-electron chi connectivity index (χ0n) is 12.1. The molecule has 0 aromatic heterocycles. The van der Waals surface area contributed by atoms with Gasteiger partial charge in [0, 0.05) is 34.1 Å². The van der Waals surface area contributed by atoms with Crippen LogP contribution in [0.15, 0.2) is 27.1 Å². The fourth-order valence-corrected chi connectivity index (χ4v) is 4.34. The van der Waals surface area contributed by atoms with Gasteiger partial charge in [0.15, 0.2) is 0 Å². The summed E-state index contributed by atoms with van der Waals surface area (Å²) in [6.45, 7) is 2.46. The maximum absolute atomic E-state index is 6.14. The Bertz CT molecular complexity index is 495. The van der Waals surface area contributed by atoms with Crippen LogP contribution in [0.3, 0.4) is 0 Å². The summed E-state index contributed by atoms with van der Waals surface area (Å²) in [6, 6.07) is 7.28. The first kappa shape index (κ1) is 15.9. The van der Waals surface area contributed by atoms with Crippen LogP contribution in [0.25, 0.3) is 0 Å². The maximum Gasteiger partial charge on any atom is 0.0731 e. The highest BCUT2D eigenvalue weighted by Gasteiger charge is 2.37. The zero-order chi connectivity index (χ0) is 14.8. The van der Waals surface area contributed by atoms with Crippen molar-refractivity contribution in [2.75, 3.05) is 19.7 Å².